The van der Waals surface area contributed by atoms with E-state index in [2.05, 4.69) is 62.4 Å². The Morgan fingerprint density at radius 2 is 1.17 bits per heavy atom. The molecule has 2 heteroatoms. The molecule has 90 valence electrons. The van der Waals surface area contributed by atoms with Crippen LogP contribution < -0.4 is 4.58 Å². The van der Waals surface area contributed by atoms with Crippen LogP contribution in [0.25, 0.3) is 0 Å². The Morgan fingerprint density at radius 3 is 1.50 bits per heavy atom. The molecule has 0 radical (unpaired) electrons. The minimum absolute atomic E-state index is 1.06. The first-order valence-electron chi connectivity index (χ1n) is 5.97. The Bertz CT molecular complexity index is 516. The number of hydrogen-bond donors (Lipinski definition) is 1. The summed E-state index contributed by atoms with van der Waals surface area (Å²) in [4.78, 5) is 0. The highest BCUT2D eigenvalue weighted by Gasteiger charge is 2.11. The molecule has 0 unspecified atom stereocenters. The van der Waals surface area contributed by atoms with Crippen molar-refractivity contribution >= 4 is 23.8 Å². The molecule has 0 atom stereocenters. The summed E-state index contributed by atoms with van der Waals surface area (Å²) in [6.45, 7) is 4.14. The van der Waals surface area contributed by atoms with Gasteiger partial charge in [0.25, 0.3) is 0 Å². The van der Waals surface area contributed by atoms with Gasteiger partial charge in [-0.1, -0.05) is 35.4 Å². The Labute approximate surface area is 108 Å². The predicted molar refractivity (Wildman–Crippen MR) is 78.7 cm³/mol. The zero-order valence-electron chi connectivity index (χ0n) is 10.7. The van der Waals surface area contributed by atoms with E-state index >= 15 is 0 Å². The lowest BCUT2D eigenvalue weighted by Gasteiger charge is -2.02. The van der Waals surface area contributed by atoms with Crippen LogP contribution in [-0.4, -0.2) is 12.4 Å². The Hall–Kier alpha value is -2.22. The zero-order valence-corrected chi connectivity index (χ0v) is 10.7. The number of aryl methyl sites for hydroxylation is 2. The third kappa shape index (κ3) is 2.72. The number of nitrogens with zero attached hydrogens (tertiary/aromatic N) is 1. The fraction of sp³-hybridized carbons (Fsp3) is 0.125. The number of hydrogen-bond acceptors (Lipinski definition) is 1. The lowest BCUT2D eigenvalue weighted by atomic mass is 10.2. The second kappa shape index (κ2) is 5.41. The van der Waals surface area contributed by atoms with E-state index in [4.69, 9.17) is 5.41 Å². The van der Waals surface area contributed by atoms with Crippen molar-refractivity contribution < 1.29 is 0 Å². The maximum atomic E-state index is 7.29. The summed E-state index contributed by atoms with van der Waals surface area (Å²) in [5.74, 6) is 0. The van der Waals surface area contributed by atoms with Crippen molar-refractivity contribution in [2.24, 2.45) is 0 Å². The second-order valence-electron chi connectivity index (χ2n) is 4.36. The van der Waals surface area contributed by atoms with Gasteiger partial charge in [0.15, 0.2) is 6.21 Å². The molecular weight excluding hydrogens is 220 g/mol. The molecule has 2 aromatic carbocycles. The molecule has 0 spiro atoms. The molecule has 0 fully saturated rings. The van der Waals surface area contributed by atoms with Gasteiger partial charge >= 0.3 is 0 Å². The van der Waals surface area contributed by atoms with Gasteiger partial charge in [0.05, 0.1) is 6.21 Å². The van der Waals surface area contributed by atoms with Gasteiger partial charge in [-0.05, 0) is 13.8 Å². The van der Waals surface area contributed by atoms with Gasteiger partial charge in [-0.2, -0.15) is 4.58 Å². The summed E-state index contributed by atoms with van der Waals surface area (Å²) < 4.78 is 2.01. The van der Waals surface area contributed by atoms with E-state index in [-0.39, 0.29) is 0 Å². The van der Waals surface area contributed by atoms with Crippen LogP contribution in [0.1, 0.15) is 11.1 Å². The van der Waals surface area contributed by atoms with E-state index in [1.165, 1.54) is 17.3 Å². The van der Waals surface area contributed by atoms with Crippen molar-refractivity contribution in [2.45, 2.75) is 13.8 Å². The third-order valence-corrected chi connectivity index (χ3v) is 2.85. The molecular formula is C16H17N2+. The number of nitrogens with one attached hydrogen (secondary N) is 1. The molecule has 0 aliphatic rings. The van der Waals surface area contributed by atoms with Crippen molar-refractivity contribution in [2.75, 3.05) is 0 Å². The second-order valence-corrected chi connectivity index (χ2v) is 4.36. The molecule has 0 heterocycles. The highest BCUT2D eigenvalue weighted by atomic mass is 15.0. The molecule has 0 aliphatic heterocycles. The van der Waals surface area contributed by atoms with Gasteiger partial charge in [-0.25, -0.2) is 0 Å². The van der Waals surface area contributed by atoms with E-state index in [0.29, 0.717) is 0 Å². The smallest absolute Gasteiger partial charge is 0.211 e. The monoisotopic (exact) mass is 237 g/mol. The minimum Gasteiger partial charge on any atom is -0.303 e. The van der Waals surface area contributed by atoms with Gasteiger partial charge in [0, 0.05) is 24.3 Å². The van der Waals surface area contributed by atoms with Crippen LogP contribution in [0.4, 0.5) is 11.4 Å². The molecule has 0 aliphatic carbocycles. The van der Waals surface area contributed by atoms with Crippen LogP contribution in [0, 0.1) is 19.3 Å². The standard InChI is InChI=1S/C16H17N2/c1-13-3-7-15(8-4-13)18(12-11-17)16-9-5-14(2)6-10-16/h3-12,17H,1-2H3/q+1. The molecule has 0 saturated carbocycles. The number of rotatable bonds is 3. The molecule has 18 heavy (non-hydrogen) atoms. The third-order valence-electron chi connectivity index (χ3n) is 2.85. The van der Waals surface area contributed by atoms with Gasteiger partial charge in [0.2, 0.25) is 11.4 Å². The van der Waals surface area contributed by atoms with Crippen LogP contribution in [0.5, 0.6) is 0 Å². The average Bonchev–Trinajstić information content (AvgIpc) is 2.39. The summed E-state index contributed by atoms with van der Waals surface area (Å²) in [5, 5.41) is 7.29. The van der Waals surface area contributed by atoms with E-state index in [0.717, 1.165) is 11.4 Å². The molecule has 2 nitrogen and oxygen atoms in total. The summed E-state index contributed by atoms with van der Waals surface area (Å²) in [6, 6.07) is 16.6. The largest absolute Gasteiger partial charge is 0.303 e. The van der Waals surface area contributed by atoms with Gasteiger partial charge in [-0.3, -0.25) is 0 Å². The first-order valence-corrected chi connectivity index (χ1v) is 5.97. The molecule has 2 aromatic rings. The van der Waals surface area contributed by atoms with E-state index in [1.807, 2.05) is 4.58 Å². The summed E-state index contributed by atoms with van der Waals surface area (Å²) in [7, 11) is 0. The van der Waals surface area contributed by atoms with Crippen molar-refractivity contribution in [1.82, 2.24) is 4.58 Å². The average molecular weight is 237 g/mol. The lowest BCUT2D eigenvalue weighted by Crippen LogP contribution is -2.06. The lowest BCUT2D eigenvalue weighted by molar-refractivity contribution is 1.10. The minimum atomic E-state index is 1.06. The fourth-order valence-electron chi connectivity index (χ4n) is 1.81. The van der Waals surface area contributed by atoms with Crippen LogP contribution in [0.2, 0.25) is 0 Å². The highest BCUT2D eigenvalue weighted by molar-refractivity contribution is 6.16. The van der Waals surface area contributed by atoms with Crippen LogP contribution in [0.3, 0.4) is 0 Å². The van der Waals surface area contributed by atoms with Crippen LogP contribution in [0.15, 0.2) is 48.5 Å². The van der Waals surface area contributed by atoms with Crippen molar-refractivity contribution in [1.29, 1.82) is 5.41 Å². The topological polar surface area (TPSA) is 26.9 Å². The first-order chi connectivity index (χ1) is 8.70. The quantitative estimate of drug-likeness (QED) is 0.620. The molecule has 0 amide bonds. The van der Waals surface area contributed by atoms with E-state index in [1.54, 1.807) is 6.21 Å². The fourth-order valence-corrected chi connectivity index (χ4v) is 1.81. The zero-order chi connectivity index (χ0) is 13.0. The summed E-state index contributed by atoms with van der Waals surface area (Å²) >= 11 is 0. The molecule has 0 saturated heterocycles. The highest BCUT2D eigenvalue weighted by Crippen LogP contribution is 2.20. The molecule has 0 bridgehead atoms. The van der Waals surface area contributed by atoms with E-state index < -0.39 is 0 Å². The SMILES string of the molecule is Cc1ccc([N+](=CC=N)c2ccc(C)cc2)cc1. The van der Waals surface area contributed by atoms with Gasteiger partial charge in [-0.15, -0.1) is 0 Å². The predicted octanol–water partition coefficient (Wildman–Crippen LogP) is 3.86. The number of benzene rings is 2. The van der Waals surface area contributed by atoms with E-state index in [9.17, 15) is 0 Å². The van der Waals surface area contributed by atoms with Crippen molar-refractivity contribution in [3.8, 4) is 0 Å². The summed E-state index contributed by atoms with van der Waals surface area (Å²) in [6.07, 6.45) is 3.06. The normalized spacial score (nSPS) is 9.89. The van der Waals surface area contributed by atoms with Crippen LogP contribution >= 0.6 is 0 Å². The van der Waals surface area contributed by atoms with Gasteiger partial charge in [0.1, 0.15) is 0 Å². The molecule has 0 aromatic heterocycles. The Morgan fingerprint density at radius 1 is 0.778 bits per heavy atom. The molecule has 2 rings (SSSR count). The van der Waals surface area contributed by atoms with Crippen molar-refractivity contribution in [3.05, 3.63) is 59.7 Å². The maximum Gasteiger partial charge on any atom is 0.211 e. The Balaban J connectivity index is 2.46. The first kappa shape index (κ1) is 12.2. The maximum absolute atomic E-state index is 7.29. The molecule has 1 N–H and O–H groups in total. The van der Waals surface area contributed by atoms with Crippen molar-refractivity contribution in [3.63, 3.8) is 0 Å². The van der Waals surface area contributed by atoms with Gasteiger partial charge < -0.3 is 5.41 Å². The summed E-state index contributed by atoms with van der Waals surface area (Å²) in [5.41, 5.74) is 4.59. The Kier molecular flexibility index (Phi) is 3.68. The van der Waals surface area contributed by atoms with Crippen LogP contribution in [-0.2, 0) is 0 Å².